The maximum Gasteiger partial charge on any atom is 0.410 e. The van der Waals surface area contributed by atoms with Crippen molar-refractivity contribution in [3.8, 4) is 0 Å². The van der Waals surface area contributed by atoms with Gasteiger partial charge in [0, 0.05) is 37.6 Å². The number of carbonyl (C=O) groups excluding carboxylic acids is 1. The first-order valence-electron chi connectivity index (χ1n) is 7.14. The fourth-order valence-electron chi connectivity index (χ4n) is 2.32. The SMILES string of the molecule is [B]c1cc(N)ccc1N1CCN(C(=O)OC(C)(C)C)CC1. The Labute approximate surface area is 127 Å². The van der Waals surface area contributed by atoms with Gasteiger partial charge in [-0.3, -0.25) is 0 Å². The summed E-state index contributed by atoms with van der Waals surface area (Å²) < 4.78 is 5.38. The van der Waals surface area contributed by atoms with Gasteiger partial charge in [-0.15, -0.1) is 0 Å². The number of carbonyl (C=O) groups is 1. The van der Waals surface area contributed by atoms with Crippen molar-refractivity contribution in [2.24, 2.45) is 0 Å². The van der Waals surface area contributed by atoms with E-state index in [4.69, 9.17) is 18.3 Å². The van der Waals surface area contributed by atoms with E-state index < -0.39 is 5.60 Å². The van der Waals surface area contributed by atoms with Gasteiger partial charge in [-0.05, 0) is 39.0 Å². The molecule has 1 heterocycles. The first-order valence-corrected chi connectivity index (χ1v) is 7.14. The highest BCUT2D eigenvalue weighted by Gasteiger charge is 2.26. The highest BCUT2D eigenvalue weighted by atomic mass is 16.6. The molecule has 0 unspecified atom stereocenters. The van der Waals surface area contributed by atoms with Gasteiger partial charge in [0.15, 0.2) is 0 Å². The molecule has 0 aliphatic carbocycles. The van der Waals surface area contributed by atoms with Gasteiger partial charge in [0.1, 0.15) is 13.4 Å². The third-order valence-electron chi connectivity index (χ3n) is 3.32. The lowest BCUT2D eigenvalue weighted by Crippen LogP contribution is -2.50. The minimum atomic E-state index is -0.463. The Bertz CT molecular complexity index is 520. The molecule has 0 bridgehead atoms. The summed E-state index contributed by atoms with van der Waals surface area (Å²) in [7, 11) is 6.00. The number of nitrogens with zero attached hydrogens (tertiary/aromatic N) is 2. The topological polar surface area (TPSA) is 58.8 Å². The van der Waals surface area contributed by atoms with Crippen molar-refractivity contribution >= 4 is 30.8 Å². The number of hydrogen-bond donors (Lipinski definition) is 1. The van der Waals surface area contributed by atoms with Gasteiger partial charge in [0.25, 0.3) is 0 Å². The Morgan fingerprint density at radius 1 is 1.24 bits per heavy atom. The minimum absolute atomic E-state index is 0.257. The van der Waals surface area contributed by atoms with Gasteiger partial charge in [0.05, 0.1) is 0 Å². The molecule has 2 radical (unpaired) electrons. The van der Waals surface area contributed by atoms with E-state index in [1.165, 1.54) is 0 Å². The molecule has 0 aromatic heterocycles. The summed E-state index contributed by atoms with van der Waals surface area (Å²) in [6.07, 6.45) is -0.257. The summed E-state index contributed by atoms with van der Waals surface area (Å²) in [5.41, 5.74) is 7.54. The van der Waals surface area contributed by atoms with Crippen LogP contribution in [0.1, 0.15) is 20.8 Å². The van der Waals surface area contributed by atoms with E-state index in [0.717, 1.165) is 18.8 Å². The van der Waals surface area contributed by atoms with Crippen LogP contribution in [0.5, 0.6) is 0 Å². The Morgan fingerprint density at radius 2 is 1.86 bits per heavy atom. The molecule has 21 heavy (non-hydrogen) atoms. The number of amides is 1. The molecule has 1 aromatic rings. The van der Waals surface area contributed by atoms with Crippen LogP contribution in [0, 0.1) is 0 Å². The lowest BCUT2D eigenvalue weighted by Gasteiger charge is -2.37. The summed E-state index contributed by atoms with van der Waals surface area (Å²) in [4.78, 5) is 15.9. The Kier molecular flexibility index (Phi) is 4.35. The van der Waals surface area contributed by atoms with Crippen LogP contribution in [0.2, 0.25) is 0 Å². The quantitative estimate of drug-likeness (QED) is 0.621. The van der Waals surface area contributed by atoms with E-state index in [-0.39, 0.29) is 6.09 Å². The molecule has 1 aliphatic heterocycles. The fraction of sp³-hybridized carbons (Fsp3) is 0.533. The van der Waals surface area contributed by atoms with Crippen LogP contribution in [0.25, 0.3) is 0 Å². The minimum Gasteiger partial charge on any atom is -0.444 e. The number of rotatable bonds is 1. The largest absolute Gasteiger partial charge is 0.444 e. The molecule has 5 nitrogen and oxygen atoms in total. The van der Waals surface area contributed by atoms with E-state index in [1.54, 1.807) is 11.0 Å². The van der Waals surface area contributed by atoms with E-state index in [9.17, 15) is 4.79 Å². The molecule has 0 atom stereocenters. The van der Waals surface area contributed by atoms with Crippen LogP contribution in [0.3, 0.4) is 0 Å². The number of nitrogen functional groups attached to an aromatic ring is 1. The monoisotopic (exact) mass is 287 g/mol. The molecule has 1 fully saturated rings. The molecule has 0 spiro atoms. The van der Waals surface area contributed by atoms with Gasteiger partial charge >= 0.3 is 6.09 Å². The smallest absolute Gasteiger partial charge is 0.410 e. The summed E-state index contributed by atoms with van der Waals surface area (Å²) in [6, 6.07) is 5.52. The highest BCUT2D eigenvalue weighted by Crippen LogP contribution is 2.17. The molecule has 112 valence electrons. The molecule has 1 saturated heterocycles. The Balaban J connectivity index is 1.95. The van der Waals surface area contributed by atoms with E-state index in [1.807, 2.05) is 32.9 Å². The van der Waals surface area contributed by atoms with Crippen molar-refractivity contribution in [2.75, 3.05) is 36.8 Å². The molecule has 2 rings (SSSR count). The van der Waals surface area contributed by atoms with Gasteiger partial charge in [-0.1, -0.05) is 5.46 Å². The second-order valence-corrected chi connectivity index (χ2v) is 6.27. The zero-order valence-corrected chi connectivity index (χ0v) is 12.9. The first-order chi connectivity index (χ1) is 9.76. The van der Waals surface area contributed by atoms with Gasteiger partial charge < -0.3 is 20.3 Å². The number of hydrogen-bond acceptors (Lipinski definition) is 4. The maximum absolute atomic E-state index is 12.0. The number of anilines is 2. The molecule has 6 heteroatoms. The number of piperazine rings is 1. The average molecular weight is 287 g/mol. The number of ether oxygens (including phenoxy) is 1. The number of nitrogens with two attached hydrogens (primary N) is 1. The molecule has 1 aliphatic rings. The third kappa shape index (κ3) is 4.06. The van der Waals surface area contributed by atoms with Gasteiger partial charge in [0.2, 0.25) is 0 Å². The molecule has 1 amide bonds. The second kappa shape index (κ2) is 5.88. The summed E-state index contributed by atoms with van der Waals surface area (Å²) >= 11 is 0. The summed E-state index contributed by atoms with van der Waals surface area (Å²) in [6.45, 7) is 8.32. The Hall–Kier alpha value is -1.85. The Morgan fingerprint density at radius 3 is 2.38 bits per heavy atom. The standard InChI is InChI=1S/C15H22BN3O2/c1-15(2,3)21-14(20)19-8-6-18(7-9-19)13-5-4-11(17)10-12(13)16/h4-5,10H,6-9,17H2,1-3H3. The maximum atomic E-state index is 12.0. The van der Waals surface area contributed by atoms with E-state index >= 15 is 0 Å². The van der Waals surface area contributed by atoms with Crippen LogP contribution in [-0.4, -0.2) is 50.6 Å². The van der Waals surface area contributed by atoms with Crippen LogP contribution in [0.15, 0.2) is 18.2 Å². The lowest BCUT2D eigenvalue weighted by molar-refractivity contribution is 0.0240. The molecule has 0 saturated carbocycles. The van der Waals surface area contributed by atoms with Crippen molar-refractivity contribution in [3.63, 3.8) is 0 Å². The van der Waals surface area contributed by atoms with Crippen LogP contribution < -0.4 is 16.1 Å². The van der Waals surface area contributed by atoms with Crippen molar-refractivity contribution in [2.45, 2.75) is 26.4 Å². The van der Waals surface area contributed by atoms with Crippen LogP contribution in [0.4, 0.5) is 16.2 Å². The molecule has 2 N–H and O–H groups in total. The van der Waals surface area contributed by atoms with Crippen LogP contribution >= 0.6 is 0 Å². The van der Waals surface area contributed by atoms with Crippen molar-refractivity contribution in [1.82, 2.24) is 4.90 Å². The predicted octanol–water partition coefficient (Wildman–Crippen LogP) is 1.12. The van der Waals surface area contributed by atoms with Crippen molar-refractivity contribution < 1.29 is 9.53 Å². The van der Waals surface area contributed by atoms with Crippen molar-refractivity contribution in [3.05, 3.63) is 18.2 Å². The molecular formula is C15H22BN3O2. The lowest BCUT2D eigenvalue weighted by atomic mass is 9.92. The zero-order chi connectivity index (χ0) is 15.6. The molecule has 1 aromatic carbocycles. The predicted molar refractivity (Wildman–Crippen MR) is 86.3 cm³/mol. The zero-order valence-electron chi connectivity index (χ0n) is 12.9. The first kappa shape index (κ1) is 15.5. The third-order valence-corrected chi connectivity index (χ3v) is 3.32. The normalized spacial score (nSPS) is 16.0. The number of benzene rings is 1. The summed E-state index contributed by atoms with van der Waals surface area (Å²) in [5.74, 6) is 0. The van der Waals surface area contributed by atoms with E-state index in [0.29, 0.717) is 24.2 Å². The van der Waals surface area contributed by atoms with Crippen LogP contribution in [-0.2, 0) is 4.74 Å². The average Bonchev–Trinajstić information content (AvgIpc) is 2.37. The van der Waals surface area contributed by atoms with Gasteiger partial charge in [-0.25, -0.2) is 4.79 Å². The van der Waals surface area contributed by atoms with Crippen molar-refractivity contribution in [1.29, 1.82) is 0 Å². The fourth-order valence-corrected chi connectivity index (χ4v) is 2.32. The summed E-state index contributed by atoms with van der Waals surface area (Å²) in [5, 5.41) is 0. The second-order valence-electron chi connectivity index (χ2n) is 6.27. The van der Waals surface area contributed by atoms with Gasteiger partial charge in [-0.2, -0.15) is 0 Å². The van der Waals surface area contributed by atoms with E-state index in [2.05, 4.69) is 4.90 Å². The highest BCUT2D eigenvalue weighted by molar-refractivity contribution is 6.36. The molecular weight excluding hydrogens is 265 g/mol.